The molecule has 1 heterocycles. The Morgan fingerprint density at radius 2 is 2.10 bits per heavy atom. The van der Waals surface area contributed by atoms with E-state index in [1.165, 1.54) is 14.1 Å². The summed E-state index contributed by atoms with van der Waals surface area (Å²) in [7, 11) is -0.664. The second kappa shape index (κ2) is 6.95. The fourth-order valence-electron chi connectivity index (χ4n) is 1.42. The van der Waals surface area contributed by atoms with Gasteiger partial charge in [0.05, 0.1) is 16.2 Å². The van der Waals surface area contributed by atoms with Crippen molar-refractivity contribution in [3.05, 3.63) is 27.9 Å². The van der Waals surface area contributed by atoms with Crippen LogP contribution in [-0.2, 0) is 10.0 Å². The highest BCUT2D eigenvalue weighted by Gasteiger charge is 2.18. The zero-order valence-electron chi connectivity index (χ0n) is 11.4. The summed E-state index contributed by atoms with van der Waals surface area (Å²) < 4.78 is 24.5. The van der Waals surface area contributed by atoms with E-state index in [2.05, 4.69) is 20.3 Å². The van der Waals surface area contributed by atoms with E-state index in [0.717, 1.165) is 12.3 Å². The van der Waals surface area contributed by atoms with Gasteiger partial charge in [0, 0.05) is 19.7 Å². The number of amides is 1. The smallest absolute Gasteiger partial charge is 0.288 e. The zero-order valence-corrected chi connectivity index (χ0v) is 12.2. The third-order valence-electron chi connectivity index (χ3n) is 2.53. The molecule has 0 aliphatic carbocycles. The molecule has 0 spiro atoms. The molecule has 11 heteroatoms. The number of nitrogens with zero attached hydrogens (tertiary/aromatic N) is 2. The van der Waals surface area contributed by atoms with E-state index >= 15 is 0 Å². The van der Waals surface area contributed by atoms with E-state index in [0.29, 0.717) is 0 Å². The van der Waals surface area contributed by atoms with Crippen LogP contribution in [0.3, 0.4) is 0 Å². The standard InChI is InChI=1S/C10H15N5O5S/c1-11-9-8(5-7(6-14-9)15(17)18)10(16)13-3-4-21(19,20)12-2/h5-6,12H,3-4H2,1-2H3,(H,11,14)(H,13,16). The summed E-state index contributed by atoms with van der Waals surface area (Å²) >= 11 is 0. The molecule has 0 bridgehead atoms. The van der Waals surface area contributed by atoms with E-state index in [1.807, 2.05) is 0 Å². The first-order valence-electron chi connectivity index (χ1n) is 5.82. The van der Waals surface area contributed by atoms with Crippen LogP contribution in [-0.4, -0.2) is 50.6 Å². The van der Waals surface area contributed by atoms with Gasteiger partial charge in [-0.15, -0.1) is 0 Å². The number of carbonyl (C=O) groups is 1. The van der Waals surface area contributed by atoms with Gasteiger partial charge < -0.3 is 10.6 Å². The van der Waals surface area contributed by atoms with Crippen LogP contribution in [0.1, 0.15) is 10.4 Å². The molecule has 0 aliphatic rings. The molecule has 0 saturated heterocycles. The van der Waals surface area contributed by atoms with Crippen molar-refractivity contribution in [2.24, 2.45) is 0 Å². The Bertz CT molecular complexity index is 645. The first kappa shape index (κ1) is 16.8. The quantitative estimate of drug-likeness (QED) is 0.446. The summed E-state index contributed by atoms with van der Waals surface area (Å²) in [6.45, 7) is -0.131. The molecule has 0 unspecified atom stereocenters. The summed E-state index contributed by atoms with van der Waals surface area (Å²) in [5, 5.41) is 15.7. The van der Waals surface area contributed by atoms with Crippen molar-refractivity contribution >= 4 is 27.4 Å². The monoisotopic (exact) mass is 317 g/mol. The maximum atomic E-state index is 11.9. The maximum Gasteiger partial charge on any atom is 0.288 e. The molecule has 1 amide bonds. The van der Waals surface area contributed by atoms with E-state index in [4.69, 9.17) is 0 Å². The first-order chi connectivity index (χ1) is 9.80. The molecule has 116 valence electrons. The minimum atomic E-state index is -3.44. The second-order valence-corrected chi connectivity index (χ2v) is 5.92. The highest BCUT2D eigenvalue weighted by molar-refractivity contribution is 7.89. The fraction of sp³-hybridized carbons (Fsp3) is 0.400. The molecule has 21 heavy (non-hydrogen) atoms. The Balaban J connectivity index is 2.86. The molecule has 0 atom stereocenters. The molecule has 0 aromatic carbocycles. The van der Waals surface area contributed by atoms with E-state index in [-0.39, 0.29) is 29.4 Å². The van der Waals surface area contributed by atoms with E-state index < -0.39 is 20.9 Å². The lowest BCUT2D eigenvalue weighted by Crippen LogP contribution is -2.33. The summed E-state index contributed by atoms with van der Waals surface area (Å²) in [5.41, 5.74) is -0.365. The molecule has 1 aromatic rings. The largest absolute Gasteiger partial charge is 0.372 e. The van der Waals surface area contributed by atoms with Crippen LogP contribution in [0.5, 0.6) is 0 Å². The van der Waals surface area contributed by atoms with Gasteiger partial charge in [-0.1, -0.05) is 0 Å². The average molecular weight is 317 g/mol. The SMILES string of the molecule is CNc1ncc([N+](=O)[O-])cc1C(=O)NCCS(=O)(=O)NC. The maximum absolute atomic E-state index is 11.9. The highest BCUT2D eigenvalue weighted by atomic mass is 32.2. The van der Waals surface area contributed by atoms with Gasteiger partial charge in [-0.2, -0.15) is 0 Å². The lowest BCUT2D eigenvalue weighted by Gasteiger charge is -2.09. The van der Waals surface area contributed by atoms with Crippen LogP contribution >= 0.6 is 0 Å². The number of nitro groups is 1. The van der Waals surface area contributed by atoms with Crippen LogP contribution in [0.4, 0.5) is 11.5 Å². The number of nitrogens with one attached hydrogen (secondary N) is 3. The van der Waals surface area contributed by atoms with Gasteiger partial charge >= 0.3 is 0 Å². The predicted octanol–water partition coefficient (Wildman–Crippen LogP) is -0.689. The van der Waals surface area contributed by atoms with Crippen molar-refractivity contribution in [2.45, 2.75) is 0 Å². The fourth-order valence-corrected chi connectivity index (χ4v) is 2.00. The zero-order chi connectivity index (χ0) is 16.0. The molecular formula is C10H15N5O5S. The number of sulfonamides is 1. The minimum Gasteiger partial charge on any atom is -0.372 e. The molecular weight excluding hydrogens is 302 g/mol. The number of rotatable bonds is 7. The van der Waals surface area contributed by atoms with Crippen molar-refractivity contribution in [1.82, 2.24) is 15.0 Å². The third kappa shape index (κ3) is 4.65. The van der Waals surface area contributed by atoms with Crippen LogP contribution < -0.4 is 15.4 Å². The van der Waals surface area contributed by atoms with Gasteiger partial charge in [0.2, 0.25) is 10.0 Å². The van der Waals surface area contributed by atoms with Crippen molar-refractivity contribution in [3.8, 4) is 0 Å². The lowest BCUT2D eigenvalue weighted by molar-refractivity contribution is -0.385. The van der Waals surface area contributed by atoms with Crippen LogP contribution in [0.2, 0.25) is 0 Å². The number of pyridine rings is 1. The Morgan fingerprint density at radius 3 is 2.62 bits per heavy atom. The summed E-state index contributed by atoms with van der Waals surface area (Å²) in [5.74, 6) is -0.789. The number of anilines is 1. The van der Waals surface area contributed by atoms with Gasteiger partial charge in [0.15, 0.2) is 0 Å². The van der Waals surface area contributed by atoms with E-state index in [1.54, 1.807) is 0 Å². The molecule has 0 saturated carbocycles. The lowest BCUT2D eigenvalue weighted by atomic mass is 10.2. The van der Waals surface area contributed by atoms with Crippen molar-refractivity contribution in [2.75, 3.05) is 31.7 Å². The highest BCUT2D eigenvalue weighted by Crippen LogP contribution is 2.18. The Labute approximate surface area is 121 Å². The number of carbonyl (C=O) groups excluding carboxylic acids is 1. The Morgan fingerprint density at radius 1 is 1.43 bits per heavy atom. The Hall–Kier alpha value is -2.27. The molecule has 0 fully saturated rings. The third-order valence-corrected chi connectivity index (χ3v) is 3.90. The number of hydrogen-bond acceptors (Lipinski definition) is 7. The van der Waals surface area contributed by atoms with Crippen molar-refractivity contribution < 1.29 is 18.1 Å². The number of hydrogen-bond donors (Lipinski definition) is 3. The molecule has 0 radical (unpaired) electrons. The molecule has 1 aromatic heterocycles. The van der Waals surface area contributed by atoms with Crippen LogP contribution in [0.15, 0.2) is 12.3 Å². The topological polar surface area (TPSA) is 143 Å². The summed E-state index contributed by atoms with van der Waals surface area (Å²) in [4.78, 5) is 25.7. The summed E-state index contributed by atoms with van der Waals surface area (Å²) in [6.07, 6.45) is 1.02. The van der Waals surface area contributed by atoms with Crippen LogP contribution in [0, 0.1) is 10.1 Å². The van der Waals surface area contributed by atoms with Gasteiger partial charge in [0.25, 0.3) is 11.6 Å². The van der Waals surface area contributed by atoms with Crippen molar-refractivity contribution in [3.63, 3.8) is 0 Å². The molecule has 1 rings (SSSR count). The van der Waals surface area contributed by atoms with Gasteiger partial charge in [0.1, 0.15) is 12.0 Å². The molecule has 0 aliphatic heterocycles. The summed E-state index contributed by atoms with van der Waals surface area (Å²) in [6, 6.07) is 1.07. The average Bonchev–Trinajstić information content (AvgIpc) is 2.46. The van der Waals surface area contributed by atoms with Crippen LogP contribution in [0.25, 0.3) is 0 Å². The van der Waals surface area contributed by atoms with E-state index in [9.17, 15) is 23.3 Å². The van der Waals surface area contributed by atoms with Gasteiger partial charge in [-0.25, -0.2) is 18.1 Å². The number of aromatic nitrogens is 1. The molecule has 10 nitrogen and oxygen atoms in total. The Kier molecular flexibility index (Phi) is 5.55. The molecule has 3 N–H and O–H groups in total. The second-order valence-electron chi connectivity index (χ2n) is 3.88. The van der Waals surface area contributed by atoms with Gasteiger partial charge in [-0.3, -0.25) is 14.9 Å². The van der Waals surface area contributed by atoms with Crippen molar-refractivity contribution in [1.29, 1.82) is 0 Å². The minimum absolute atomic E-state index is 0.0337. The van der Waals surface area contributed by atoms with Gasteiger partial charge in [-0.05, 0) is 7.05 Å². The predicted molar refractivity (Wildman–Crippen MR) is 75.6 cm³/mol. The first-order valence-corrected chi connectivity index (χ1v) is 7.47. The normalized spacial score (nSPS) is 11.0.